The zero-order valence-corrected chi connectivity index (χ0v) is 13.6. The fourth-order valence-corrected chi connectivity index (χ4v) is 2.37. The fourth-order valence-electron chi connectivity index (χ4n) is 2.37. The van der Waals surface area contributed by atoms with Gasteiger partial charge in [-0.05, 0) is 45.2 Å². The zero-order chi connectivity index (χ0) is 16.0. The molecule has 2 rings (SSSR count). The van der Waals surface area contributed by atoms with Gasteiger partial charge in [0, 0.05) is 24.9 Å². The van der Waals surface area contributed by atoms with Gasteiger partial charge < -0.3 is 20.1 Å². The van der Waals surface area contributed by atoms with Gasteiger partial charge in [-0.3, -0.25) is 0 Å². The van der Waals surface area contributed by atoms with E-state index in [-0.39, 0.29) is 0 Å². The third-order valence-corrected chi connectivity index (χ3v) is 3.36. The molecule has 122 valence electrons. The number of nitrogens with one attached hydrogen (secondary N) is 2. The van der Waals surface area contributed by atoms with Crippen LogP contribution in [0.4, 0.5) is 10.5 Å². The number of carbonyl (C=O) groups excluding carboxylic acids is 1. The summed E-state index contributed by atoms with van der Waals surface area (Å²) in [6, 6.07) is 8.32. The molecule has 5 nitrogen and oxygen atoms in total. The second kappa shape index (κ2) is 7.49. The molecular weight excluding hydrogens is 280 g/mol. The molecule has 1 atom stereocenters. The molecule has 1 amide bonds. The summed E-state index contributed by atoms with van der Waals surface area (Å²) < 4.78 is 10.8. The summed E-state index contributed by atoms with van der Waals surface area (Å²) in [5.41, 5.74) is 1.59. The van der Waals surface area contributed by atoms with Gasteiger partial charge in [0.05, 0.1) is 6.61 Å². The number of amides is 1. The SMILES string of the molecule is CC(C)(C)OC(=O)NCc1ccccc1NC1CCCOC1. The highest BCUT2D eigenvalue weighted by molar-refractivity contribution is 5.68. The van der Waals surface area contributed by atoms with Crippen LogP contribution in [-0.4, -0.2) is 30.9 Å². The normalized spacial score (nSPS) is 18.6. The molecule has 0 radical (unpaired) electrons. The van der Waals surface area contributed by atoms with E-state index in [0.717, 1.165) is 37.3 Å². The number of rotatable bonds is 4. The lowest BCUT2D eigenvalue weighted by Crippen LogP contribution is -2.33. The van der Waals surface area contributed by atoms with Gasteiger partial charge in [-0.2, -0.15) is 0 Å². The molecule has 0 aromatic heterocycles. The highest BCUT2D eigenvalue weighted by Gasteiger charge is 2.17. The second-order valence-corrected chi connectivity index (χ2v) is 6.57. The number of benzene rings is 1. The van der Waals surface area contributed by atoms with Crippen LogP contribution in [0.2, 0.25) is 0 Å². The molecule has 0 saturated carbocycles. The van der Waals surface area contributed by atoms with E-state index < -0.39 is 11.7 Å². The largest absolute Gasteiger partial charge is 0.444 e. The Hall–Kier alpha value is -1.75. The highest BCUT2D eigenvalue weighted by Crippen LogP contribution is 2.19. The Bertz CT molecular complexity index is 491. The predicted molar refractivity (Wildman–Crippen MR) is 87.0 cm³/mol. The Morgan fingerprint density at radius 1 is 1.36 bits per heavy atom. The summed E-state index contributed by atoms with van der Waals surface area (Å²) in [4.78, 5) is 11.8. The Balaban J connectivity index is 1.91. The van der Waals surface area contributed by atoms with Gasteiger partial charge in [0.15, 0.2) is 0 Å². The third kappa shape index (κ3) is 5.56. The number of hydrogen-bond acceptors (Lipinski definition) is 4. The van der Waals surface area contributed by atoms with Crippen molar-refractivity contribution in [2.45, 2.75) is 51.8 Å². The number of para-hydroxylation sites is 1. The van der Waals surface area contributed by atoms with Crippen LogP contribution in [0.25, 0.3) is 0 Å². The topological polar surface area (TPSA) is 59.6 Å². The summed E-state index contributed by atoms with van der Waals surface area (Å²) in [7, 11) is 0. The molecule has 1 aliphatic rings. The molecule has 1 aliphatic heterocycles. The van der Waals surface area contributed by atoms with Crippen molar-refractivity contribution in [2.75, 3.05) is 18.5 Å². The van der Waals surface area contributed by atoms with Crippen molar-refractivity contribution in [2.24, 2.45) is 0 Å². The average molecular weight is 306 g/mol. The van der Waals surface area contributed by atoms with Gasteiger partial charge in [-0.15, -0.1) is 0 Å². The van der Waals surface area contributed by atoms with E-state index in [1.165, 1.54) is 0 Å². The van der Waals surface area contributed by atoms with E-state index in [9.17, 15) is 4.79 Å². The summed E-state index contributed by atoms with van der Waals surface area (Å²) in [6.45, 7) is 7.57. The molecule has 22 heavy (non-hydrogen) atoms. The Labute approximate surface area is 132 Å². The van der Waals surface area contributed by atoms with Crippen LogP contribution < -0.4 is 10.6 Å². The third-order valence-electron chi connectivity index (χ3n) is 3.36. The van der Waals surface area contributed by atoms with Crippen molar-refractivity contribution < 1.29 is 14.3 Å². The van der Waals surface area contributed by atoms with E-state index in [0.29, 0.717) is 12.6 Å². The molecule has 2 N–H and O–H groups in total. The van der Waals surface area contributed by atoms with Gasteiger partial charge in [0.25, 0.3) is 0 Å². The van der Waals surface area contributed by atoms with Crippen LogP contribution in [0.5, 0.6) is 0 Å². The minimum Gasteiger partial charge on any atom is -0.444 e. The maximum Gasteiger partial charge on any atom is 0.407 e. The van der Waals surface area contributed by atoms with E-state index in [4.69, 9.17) is 9.47 Å². The minimum atomic E-state index is -0.485. The van der Waals surface area contributed by atoms with E-state index in [2.05, 4.69) is 10.6 Å². The van der Waals surface area contributed by atoms with Crippen LogP contribution in [-0.2, 0) is 16.0 Å². The number of hydrogen-bond donors (Lipinski definition) is 2. The van der Waals surface area contributed by atoms with Gasteiger partial charge in [0.2, 0.25) is 0 Å². The zero-order valence-electron chi connectivity index (χ0n) is 13.6. The predicted octanol–water partition coefficient (Wildman–Crippen LogP) is 3.30. The first-order valence-electron chi connectivity index (χ1n) is 7.83. The Kier molecular flexibility index (Phi) is 5.66. The molecule has 1 fully saturated rings. The van der Waals surface area contributed by atoms with Crippen molar-refractivity contribution in [1.29, 1.82) is 0 Å². The molecule has 5 heteroatoms. The lowest BCUT2D eigenvalue weighted by molar-refractivity contribution is 0.0523. The molecule has 0 aliphatic carbocycles. The number of alkyl carbamates (subject to hydrolysis) is 1. The Morgan fingerprint density at radius 2 is 2.14 bits per heavy atom. The summed E-state index contributed by atoms with van der Waals surface area (Å²) >= 11 is 0. The minimum absolute atomic E-state index is 0.330. The monoisotopic (exact) mass is 306 g/mol. The molecule has 1 aromatic carbocycles. The molecule has 1 aromatic rings. The number of anilines is 1. The van der Waals surface area contributed by atoms with Crippen molar-refractivity contribution in [1.82, 2.24) is 5.32 Å². The lowest BCUT2D eigenvalue weighted by atomic mass is 10.1. The molecule has 1 heterocycles. The van der Waals surface area contributed by atoms with E-state index >= 15 is 0 Å². The summed E-state index contributed by atoms with van der Waals surface area (Å²) in [5.74, 6) is 0. The molecule has 1 saturated heterocycles. The first-order chi connectivity index (χ1) is 10.4. The summed E-state index contributed by atoms with van der Waals surface area (Å²) in [6.07, 6.45) is 1.78. The van der Waals surface area contributed by atoms with Gasteiger partial charge in [-0.1, -0.05) is 18.2 Å². The first-order valence-corrected chi connectivity index (χ1v) is 7.83. The first kappa shape index (κ1) is 16.6. The molecule has 0 spiro atoms. The highest BCUT2D eigenvalue weighted by atomic mass is 16.6. The van der Waals surface area contributed by atoms with Crippen molar-refractivity contribution in [3.8, 4) is 0 Å². The van der Waals surface area contributed by atoms with Crippen molar-refractivity contribution in [3.63, 3.8) is 0 Å². The maximum absolute atomic E-state index is 11.8. The number of ether oxygens (including phenoxy) is 2. The number of carbonyl (C=O) groups is 1. The van der Waals surface area contributed by atoms with Crippen LogP contribution >= 0.6 is 0 Å². The van der Waals surface area contributed by atoms with E-state index in [1.807, 2.05) is 45.0 Å². The molecule has 1 unspecified atom stereocenters. The average Bonchev–Trinajstić information content (AvgIpc) is 2.46. The Morgan fingerprint density at radius 3 is 2.82 bits per heavy atom. The second-order valence-electron chi connectivity index (χ2n) is 6.57. The molecular formula is C17H26N2O3. The van der Waals surface area contributed by atoms with Gasteiger partial charge in [0.1, 0.15) is 5.60 Å². The van der Waals surface area contributed by atoms with Crippen molar-refractivity contribution >= 4 is 11.8 Å². The van der Waals surface area contributed by atoms with E-state index in [1.54, 1.807) is 0 Å². The molecule has 0 bridgehead atoms. The smallest absolute Gasteiger partial charge is 0.407 e. The standard InChI is InChI=1S/C17H26N2O3/c1-17(2,3)22-16(20)18-11-13-7-4-5-9-15(13)19-14-8-6-10-21-12-14/h4-5,7,9,14,19H,6,8,10-12H2,1-3H3,(H,18,20). The van der Waals surface area contributed by atoms with Crippen LogP contribution in [0, 0.1) is 0 Å². The van der Waals surface area contributed by atoms with Crippen LogP contribution in [0.3, 0.4) is 0 Å². The fraction of sp³-hybridized carbons (Fsp3) is 0.588. The quantitative estimate of drug-likeness (QED) is 0.896. The van der Waals surface area contributed by atoms with Gasteiger partial charge >= 0.3 is 6.09 Å². The van der Waals surface area contributed by atoms with Crippen molar-refractivity contribution in [3.05, 3.63) is 29.8 Å². The maximum atomic E-state index is 11.8. The van der Waals surface area contributed by atoms with Crippen LogP contribution in [0.15, 0.2) is 24.3 Å². The van der Waals surface area contributed by atoms with Crippen LogP contribution in [0.1, 0.15) is 39.2 Å². The van der Waals surface area contributed by atoms with Gasteiger partial charge in [-0.25, -0.2) is 4.79 Å². The lowest BCUT2D eigenvalue weighted by Gasteiger charge is -2.25. The summed E-state index contributed by atoms with van der Waals surface area (Å²) in [5, 5.41) is 6.31.